The van der Waals surface area contributed by atoms with Crippen LogP contribution in [-0.4, -0.2) is 0 Å². The summed E-state index contributed by atoms with van der Waals surface area (Å²) in [5.74, 6) is 2.72. The number of aryl methyl sites for hydroxylation is 2. The Labute approximate surface area is 171 Å². The standard InChI is InChI=1S/C28H36/c1-18(2)19(3)10-11-20(4)25-14-15-26-23-13-12-22-9-7-8-21(5)27(22)24(23)16-17-28(25,26)6/h7-13,15,18-20,25H,14,16-17H2,1-6H3. The minimum Gasteiger partial charge on any atom is -0.0852 e. The highest BCUT2D eigenvalue weighted by atomic mass is 14.5. The summed E-state index contributed by atoms with van der Waals surface area (Å²) in [4.78, 5) is 0. The molecular formula is C28H36. The van der Waals surface area contributed by atoms with E-state index in [9.17, 15) is 0 Å². The van der Waals surface area contributed by atoms with Gasteiger partial charge in [-0.1, -0.05) is 83.2 Å². The molecule has 4 atom stereocenters. The van der Waals surface area contributed by atoms with Crippen molar-refractivity contribution in [2.45, 2.75) is 60.8 Å². The maximum atomic E-state index is 2.57. The highest BCUT2D eigenvalue weighted by Gasteiger charge is 2.46. The molecule has 0 saturated heterocycles. The molecule has 2 aromatic carbocycles. The van der Waals surface area contributed by atoms with Gasteiger partial charge in [0.15, 0.2) is 0 Å². The molecule has 28 heavy (non-hydrogen) atoms. The van der Waals surface area contributed by atoms with Gasteiger partial charge in [-0.2, -0.15) is 0 Å². The van der Waals surface area contributed by atoms with Gasteiger partial charge in [-0.05, 0) is 88.3 Å². The minimum absolute atomic E-state index is 0.314. The van der Waals surface area contributed by atoms with Crippen molar-refractivity contribution >= 4 is 16.3 Å². The Kier molecular flexibility index (Phi) is 5.02. The summed E-state index contributed by atoms with van der Waals surface area (Å²) < 4.78 is 0. The molecule has 4 unspecified atom stereocenters. The van der Waals surface area contributed by atoms with Crippen molar-refractivity contribution in [3.05, 3.63) is 65.3 Å². The lowest BCUT2D eigenvalue weighted by molar-refractivity contribution is 0.217. The van der Waals surface area contributed by atoms with Gasteiger partial charge in [0.1, 0.15) is 0 Å². The van der Waals surface area contributed by atoms with Crippen molar-refractivity contribution in [2.75, 3.05) is 0 Å². The lowest BCUT2D eigenvalue weighted by Gasteiger charge is -2.42. The quantitative estimate of drug-likeness (QED) is 0.477. The first kappa shape index (κ1) is 19.5. The molecule has 0 aliphatic heterocycles. The van der Waals surface area contributed by atoms with Gasteiger partial charge in [0.25, 0.3) is 0 Å². The van der Waals surface area contributed by atoms with Gasteiger partial charge >= 0.3 is 0 Å². The van der Waals surface area contributed by atoms with Crippen LogP contribution in [0, 0.1) is 36.0 Å². The second kappa shape index (κ2) is 7.21. The van der Waals surface area contributed by atoms with Crippen LogP contribution in [-0.2, 0) is 6.42 Å². The second-order valence-corrected chi connectivity index (χ2v) is 9.99. The molecule has 2 aliphatic carbocycles. The van der Waals surface area contributed by atoms with E-state index < -0.39 is 0 Å². The van der Waals surface area contributed by atoms with E-state index in [0.717, 1.165) is 11.8 Å². The maximum absolute atomic E-state index is 2.57. The topological polar surface area (TPSA) is 0 Å². The Hall–Kier alpha value is -1.82. The first-order chi connectivity index (χ1) is 13.3. The summed E-state index contributed by atoms with van der Waals surface area (Å²) >= 11 is 0. The smallest absolute Gasteiger partial charge is 0.00325 e. The van der Waals surface area contributed by atoms with Crippen LogP contribution in [0.2, 0.25) is 0 Å². The van der Waals surface area contributed by atoms with Gasteiger partial charge < -0.3 is 0 Å². The third-order valence-corrected chi connectivity index (χ3v) is 7.96. The van der Waals surface area contributed by atoms with Crippen LogP contribution >= 0.6 is 0 Å². The molecule has 4 rings (SSSR count). The van der Waals surface area contributed by atoms with Gasteiger partial charge in [-0.15, -0.1) is 0 Å². The van der Waals surface area contributed by atoms with Crippen LogP contribution in [0.3, 0.4) is 0 Å². The van der Waals surface area contributed by atoms with Crippen LogP contribution in [0.4, 0.5) is 0 Å². The van der Waals surface area contributed by atoms with Crippen LogP contribution in [0.15, 0.2) is 48.6 Å². The van der Waals surface area contributed by atoms with E-state index in [0.29, 0.717) is 17.3 Å². The fourth-order valence-electron chi connectivity index (χ4n) is 5.72. The number of allylic oxidation sites excluding steroid dienone is 4. The number of fused-ring (bicyclic) bond motifs is 5. The predicted molar refractivity (Wildman–Crippen MR) is 124 cm³/mol. The second-order valence-electron chi connectivity index (χ2n) is 9.99. The van der Waals surface area contributed by atoms with E-state index in [1.807, 2.05) is 0 Å². The predicted octanol–water partition coefficient (Wildman–Crippen LogP) is 7.99. The molecule has 0 heterocycles. The van der Waals surface area contributed by atoms with Crippen LogP contribution in [0.25, 0.3) is 16.3 Å². The van der Waals surface area contributed by atoms with Crippen molar-refractivity contribution in [3.63, 3.8) is 0 Å². The first-order valence-electron chi connectivity index (χ1n) is 11.2. The minimum atomic E-state index is 0.314. The number of hydrogen-bond donors (Lipinski definition) is 0. The van der Waals surface area contributed by atoms with Gasteiger partial charge in [0.2, 0.25) is 0 Å². The third kappa shape index (κ3) is 3.06. The fourth-order valence-corrected chi connectivity index (χ4v) is 5.72. The number of benzene rings is 2. The molecule has 0 spiro atoms. The molecule has 0 N–H and O–H groups in total. The molecule has 0 saturated carbocycles. The lowest BCUT2D eigenvalue weighted by atomic mass is 9.62. The molecule has 148 valence electrons. The highest BCUT2D eigenvalue weighted by Crippen LogP contribution is 2.58. The molecule has 0 amide bonds. The monoisotopic (exact) mass is 372 g/mol. The molecule has 0 nitrogen and oxygen atoms in total. The van der Waals surface area contributed by atoms with Gasteiger partial charge in [0, 0.05) is 0 Å². The normalized spacial score (nSPS) is 26.4. The molecular weight excluding hydrogens is 336 g/mol. The molecule has 0 aromatic heterocycles. The van der Waals surface area contributed by atoms with Gasteiger partial charge in [-0.25, -0.2) is 0 Å². The van der Waals surface area contributed by atoms with Gasteiger partial charge in [0.05, 0.1) is 0 Å². The maximum Gasteiger partial charge on any atom is -0.00325 e. The van der Waals surface area contributed by atoms with Crippen LogP contribution < -0.4 is 0 Å². The summed E-state index contributed by atoms with van der Waals surface area (Å²) in [6.45, 7) is 14.2. The zero-order valence-electron chi connectivity index (χ0n) is 18.5. The van der Waals surface area contributed by atoms with Crippen molar-refractivity contribution in [1.82, 2.24) is 0 Å². The fraction of sp³-hybridized carbons (Fsp3) is 0.500. The summed E-state index contributed by atoms with van der Waals surface area (Å²) in [6.07, 6.45) is 11.3. The molecule has 2 aliphatic rings. The zero-order chi connectivity index (χ0) is 20.1. The highest BCUT2D eigenvalue weighted by molar-refractivity contribution is 5.94. The molecule has 2 aromatic rings. The van der Waals surface area contributed by atoms with Crippen LogP contribution in [0.1, 0.15) is 64.2 Å². The van der Waals surface area contributed by atoms with E-state index in [4.69, 9.17) is 0 Å². The Morgan fingerprint density at radius 1 is 1.04 bits per heavy atom. The average Bonchev–Trinajstić information content (AvgIpc) is 3.03. The first-order valence-corrected chi connectivity index (χ1v) is 11.2. The van der Waals surface area contributed by atoms with Gasteiger partial charge in [-0.3, -0.25) is 0 Å². The van der Waals surface area contributed by atoms with Crippen molar-refractivity contribution < 1.29 is 0 Å². The summed E-state index contributed by atoms with van der Waals surface area (Å²) in [5.41, 5.74) is 6.49. The molecule has 0 bridgehead atoms. The van der Waals surface area contributed by atoms with E-state index in [1.165, 1.54) is 41.2 Å². The van der Waals surface area contributed by atoms with Crippen LogP contribution in [0.5, 0.6) is 0 Å². The number of hydrogen-bond acceptors (Lipinski definition) is 0. The Bertz CT molecular complexity index is 942. The Morgan fingerprint density at radius 3 is 2.57 bits per heavy atom. The van der Waals surface area contributed by atoms with Crippen molar-refractivity contribution in [1.29, 1.82) is 0 Å². The molecule has 0 heteroatoms. The summed E-state index contributed by atoms with van der Waals surface area (Å²) in [7, 11) is 0. The SMILES string of the molecule is Cc1cccc2ccc3c(c12)CCC1(C)C3=CCC1C(C)C=CC(C)C(C)C. The lowest BCUT2D eigenvalue weighted by Crippen LogP contribution is -2.32. The summed E-state index contributed by atoms with van der Waals surface area (Å²) in [6, 6.07) is 11.5. The molecule has 0 radical (unpaired) electrons. The van der Waals surface area contributed by atoms with E-state index >= 15 is 0 Å². The third-order valence-electron chi connectivity index (χ3n) is 7.96. The Balaban J connectivity index is 1.68. The van der Waals surface area contributed by atoms with E-state index in [2.05, 4.69) is 90.1 Å². The molecule has 0 fully saturated rings. The zero-order valence-corrected chi connectivity index (χ0v) is 18.5. The average molecular weight is 373 g/mol. The van der Waals surface area contributed by atoms with Crippen molar-refractivity contribution in [3.8, 4) is 0 Å². The largest absolute Gasteiger partial charge is 0.0852 e. The van der Waals surface area contributed by atoms with Crippen molar-refractivity contribution in [2.24, 2.45) is 29.1 Å². The Morgan fingerprint density at radius 2 is 1.82 bits per heavy atom. The van der Waals surface area contributed by atoms with E-state index in [1.54, 1.807) is 11.1 Å². The van der Waals surface area contributed by atoms with E-state index in [-0.39, 0.29) is 0 Å². The summed E-state index contributed by atoms with van der Waals surface area (Å²) in [5, 5.41) is 2.90. The number of rotatable bonds is 4.